The number of carbonyl (C=O) groups excluding carboxylic acids is 1. The Balaban J connectivity index is 1.75. The number of halogens is 2. The molecule has 3 aliphatic rings. The zero-order chi connectivity index (χ0) is 20.1. The fourth-order valence-corrected chi connectivity index (χ4v) is 4.63. The van der Waals surface area contributed by atoms with Crippen molar-refractivity contribution >= 4 is 18.2 Å². The van der Waals surface area contributed by atoms with Crippen molar-refractivity contribution in [1.29, 1.82) is 0 Å². The number of esters is 1. The first-order chi connectivity index (χ1) is 12.5. The number of hydrogen-bond donors (Lipinski definition) is 2. The maximum absolute atomic E-state index is 14.5. The van der Waals surface area contributed by atoms with E-state index < -0.39 is 42.2 Å². The van der Waals surface area contributed by atoms with E-state index in [9.17, 15) is 33.4 Å². The molecule has 2 N–H and O–H groups in total. The molecular weight excluding hydrogens is 368 g/mol. The van der Waals surface area contributed by atoms with E-state index in [-0.39, 0.29) is 31.6 Å². The molecule has 0 aromatic rings. The lowest BCUT2D eigenvalue weighted by atomic mass is 9.63. The van der Waals surface area contributed by atoms with E-state index in [1.165, 1.54) is 0 Å². The smallest absolute Gasteiger partial charge is 0.422 e. The van der Waals surface area contributed by atoms with Gasteiger partial charge in [-0.3, -0.25) is 9.69 Å². The fraction of sp³-hybridized carbons (Fsp3) is 0.812. The van der Waals surface area contributed by atoms with Crippen molar-refractivity contribution in [3.8, 4) is 0 Å². The van der Waals surface area contributed by atoms with Crippen LogP contribution in [0.25, 0.3) is 0 Å². The lowest BCUT2D eigenvalue weighted by Gasteiger charge is -2.46. The number of ether oxygens (including phenoxy) is 1. The van der Waals surface area contributed by atoms with Gasteiger partial charge in [0.2, 0.25) is 0 Å². The molecule has 2 saturated heterocycles. The molecule has 0 bridgehead atoms. The Morgan fingerprint density at radius 2 is 1.81 bits per heavy atom. The molecule has 2 atom stereocenters. The summed E-state index contributed by atoms with van der Waals surface area (Å²) in [6.45, 7) is 2.42. The maximum Gasteiger partial charge on any atom is 0.422 e. The first-order valence-electron chi connectivity index (χ1n) is 8.82. The Morgan fingerprint density at radius 1 is 1.19 bits per heavy atom. The molecule has 2 aliphatic heterocycles. The number of hydrazine groups is 1. The van der Waals surface area contributed by atoms with Gasteiger partial charge in [0.1, 0.15) is 6.04 Å². The zero-order valence-corrected chi connectivity index (χ0v) is 15.1. The van der Waals surface area contributed by atoms with Crippen molar-refractivity contribution in [2.24, 2.45) is 11.3 Å². The summed E-state index contributed by atoms with van der Waals surface area (Å²) in [7, 11) is 0. The summed E-state index contributed by atoms with van der Waals surface area (Å²) in [5.41, 5.74) is -0.695. The topological polar surface area (TPSA) is 111 Å². The predicted molar refractivity (Wildman–Crippen MR) is 86.2 cm³/mol. The average molecular weight is 391 g/mol. The number of carboxylic acid groups (broad SMARTS) is 2. The van der Waals surface area contributed by atoms with E-state index in [2.05, 4.69) is 0 Å². The van der Waals surface area contributed by atoms with E-state index in [4.69, 9.17) is 4.74 Å². The molecule has 3 rings (SSSR count). The number of fused-ring (bicyclic) bond motifs is 1. The summed E-state index contributed by atoms with van der Waals surface area (Å²) in [6, 6.07) is -2.65. The Bertz CT molecular complexity index is 654. The molecule has 1 saturated carbocycles. The minimum Gasteiger partial charge on any atom is -0.466 e. The Hall–Kier alpha value is -2.17. The van der Waals surface area contributed by atoms with Gasteiger partial charge >= 0.3 is 18.2 Å². The number of nitrogens with zero attached hydrogens (tertiary/aromatic N) is 3. The van der Waals surface area contributed by atoms with Crippen LogP contribution in [0.5, 0.6) is 0 Å². The van der Waals surface area contributed by atoms with Crippen molar-refractivity contribution < 1.29 is 38.1 Å². The standard InChI is InChI=1S/C16H23F2N3O6/c1-3-27-12(22)15(2)4-9(5-15)6-20-11-10(7-21(20)14(25)26)19(13(23)24)8-16(11,17)18/h9-11H,3-8H2,1-2H3,(H,23,24)(H,25,26). The number of rotatable bonds is 4. The van der Waals surface area contributed by atoms with Gasteiger partial charge in [-0.1, -0.05) is 0 Å². The van der Waals surface area contributed by atoms with Crippen LogP contribution in [0.15, 0.2) is 0 Å². The minimum absolute atomic E-state index is 0.0194. The molecule has 2 unspecified atom stereocenters. The Kier molecular flexibility index (Phi) is 4.69. The summed E-state index contributed by atoms with van der Waals surface area (Å²) < 4.78 is 34.0. The molecule has 0 radical (unpaired) electrons. The quantitative estimate of drug-likeness (QED) is 0.700. The summed E-state index contributed by atoms with van der Waals surface area (Å²) in [4.78, 5) is 35.4. The normalized spacial score (nSPS) is 34.9. The molecule has 9 nitrogen and oxygen atoms in total. The van der Waals surface area contributed by atoms with Crippen LogP contribution in [0.3, 0.4) is 0 Å². The second-order valence-corrected chi connectivity index (χ2v) is 7.73. The lowest BCUT2D eigenvalue weighted by Crippen LogP contribution is -2.55. The van der Waals surface area contributed by atoms with E-state index in [1.54, 1.807) is 13.8 Å². The fourth-order valence-electron chi connectivity index (χ4n) is 4.63. The number of alkyl halides is 2. The monoisotopic (exact) mass is 391 g/mol. The lowest BCUT2D eigenvalue weighted by molar-refractivity contribution is -0.166. The number of hydrogen-bond acceptors (Lipinski definition) is 5. The van der Waals surface area contributed by atoms with Gasteiger partial charge < -0.3 is 14.9 Å². The highest BCUT2D eigenvalue weighted by molar-refractivity contribution is 5.77. The van der Waals surface area contributed by atoms with Crippen molar-refractivity contribution in [2.45, 2.75) is 44.7 Å². The number of amides is 2. The van der Waals surface area contributed by atoms with Crippen LogP contribution in [0.1, 0.15) is 26.7 Å². The van der Waals surface area contributed by atoms with Gasteiger partial charge in [-0.05, 0) is 32.6 Å². The van der Waals surface area contributed by atoms with Crippen LogP contribution >= 0.6 is 0 Å². The summed E-state index contributed by atoms with van der Waals surface area (Å²) in [6.07, 6.45) is -2.09. The molecule has 11 heteroatoms. The second kappa shape index (κ2) is 6.47. The molecule has 0 aromatic heterocycles. The largest absolute Gasteiger partial charge is 0.466 e. The number of carbonyl (C=O) groups is 3. The summed E-state index contributed by atoms with van der Waals surface area (Å²) in [5.74, 6) is -3.87. The molecule has 0 aromatic carbocycles. The molecule has 27 heavy (non-hydrogen) atoms. The third kappa shape index (κ3) is 3.17. The van der Waals surface area contributed by atoms with Crippen molar-refractivity contribution in [2.75, 3.05) is 26.2 Å². The molecule has 1 aliphatic carbocycles. The second-order valence-electron chi connectivity index (χ2n) is 7.73. The van der Waals surface area contributed by atoms with Gasteiger partial charge in [0.25, 0.3) is 5.92 Å². The SMILES string of the molecule is CCOC(=O)C1(C)CC(CN2C3C(CN2C(=O)O)N(C(=O)O)CC3(F)F)C1. The van der Waals surface area contributed by atoms with E-state index in [0.717, 1.165) is 10.0 Å². The van der Waals surface area contributed by atoms with E-state index in [0.29, 0.717) is 17.7 Å². The van der Waals surface area contributed by atoms with Crippen LogP contribution in [-0.2, 0) is 9.53 Å². The maximum atomic E-state index is 14.5. The third-order valence-corrected chi connectivity index (χ3v) is 5.73. The molecule has 3 fully saturated rings. The third-order valence-electron chi connectivity index (χ3n) is 5.73. The van der Waals surface area contributed by atoms with E-state index >= 15 is 0 Å². The van der Waals surface area contributed by atoms with Gasteiger partial charge in [-0.25, -0.2) is 28.4 Å². The van der Waals surface area contributed by atoms with Gasteiger partial charge in [-0.15, -0.1) is 0 Å². The van der Waals surface area contributed by atoms with Crippen LogP contribution in [0.2, 0.25) is 0 Å². The van der Waals surface area contributed by atoms with Crippen molar-refractivity contribution in [1.82, 2.24) is 14.9 Å². The van der Waals surface area contributed by atoms with Crippen LogP contribution in [-0.4, -0.2) is 87.5 Å². The highest BCUT2D eigenvalue weighted by Gasteiger charge is 2.65. The highest BCUT2D eigenvalue weighted by atomic mass is 19.3. The van der Waals surface area contributed by atoms with Gasteiger partial charge in [0, 0.05) is 6.54 Å². The molecule has 2 amide bonds. The highest BCUT2D eigenvalue weighted by Crippen LogP contribution is 2.49. The molecule has 2 heterocycles. The van der Waals surface area contributed by atoms with Gasteiger partial charge in [-0.2, -0.15) is 0 Å². The molecular formula is C16H23F2N3O6. The Morgan fingerprint density at radius 3 is 2.33 bits per heavy atom. The van der Waals surface area contributed by atoms with Gasteiger partial charge in [0.05, 0.1) is 31.2 Å². The zero-order valence-electron chi connectivity index (χ0n) is 15.1. The van der Waals surface area contributed by atoms with Crippen LogP contribution in [0.4, 0.5) is 18.4 Å². The average Bonchev–Trinajstić information content (AvgIpc) is 3.02. The van der Waals surface area contributed by atoms with Crippen molar-refractivity contribution in [3.63, 3.8) is 0 Å². The molecule has 0 spiro atoms. The predicted octanol–water partition coefficient (Wildman–Crippen LogP) is 1.54. The van der Waals surface area contributed by atoms with Crippen LogP contribution in [0, 0.1) is 11.3 Å². The van der Waals surface area contributed by atoms with Gasteiger partial charge in [0.15, 0.2) is 0 Å². The first-order valence-corrected chi connectivity index (χ1v) is 8.82. The van der Waals surface area contributed by atoms with E-state index in [1.807, 2.05) is 0 Å². The Labute approximate surface area is 154 Å². The molecule has 152 valence electrons. The van der Waals surface area contributed by atoms with Crippen molar-refractivity contribution in [3.05, 3.63) is 0 Å². The summed E-state index contributed by atoms with van der Waals surface area (Å²) >= 11 is 0. The summed E-state index contributed by atoms with van der Waals surface area (Å²) in [5, 5.41) is 20.4. The number of likely N-dealkylation sites (tertiary alicyclic amines) is 1. The van der Waals surface area contributed by atoms with Crippen LogP contribution < -0.4 is 0 Å². The minimum atomic E-state index is -3.36. The first kappa shape index (κ1) is 19.6.